The van der Waals surface area contributed by atoms with Crippen molar-refractivity contribution in [2.24, 2.45) is 0 Å². The van der Waals surface area contributed by atoms with E-state index in [4.69, 9.17) is 33.2 Å². The minimum absolute atomic E-state index is 0.0817. The van der Waals surface area contributed by atoms with Crippen LogP contribution in [0.5, 0.6) is 0 Å². The first kappa shape index (κ1) is 22.1. The quantitative estimate of drug-likeness (QED) is 0.528. The lowest BCUT2D eigenvalue weighted by Gasteiger charge is -2.40. The van der Waals surface area contributed by atoms with Crippen LogP contribution in [0.1, 0.15) is 19.8 Å². The predicted molar refractivity (Wildman–Crippen MR) is 130 cm³/mol. The minimum Gasteiger partial charge on any atom is -0.356 e. The highest BCUT2D eigenvalue weighted by Gasteiger charge is 2.29. The van der Waals surface area contributed by atoms with Gasteiger partial charge in [-0.1, -0.05) is 23.2 Å². The molecule has 0 radical (unpaired) electrons. The molecule has 0 amide bonds. The number of benzene rings is 1. The van der Waals surface area contributed by atoms with Gasteiger partial charge in [-0.3, -0.25) is 0 Å². The number of nitrogens with zero attached hydrogens (tertiary/aromatic N) is 7. The molecule has 4 heterocycles. The van der Waals surface area contributed by atoms with E-state index in [0.717, 1.165) is 49.6 Å². The van der Waals surface area contributed by atoms with Gasteiger partial charge in [0.25, 0.3) is 0 Å². The SMILES string of the molecule is CC1CN(c2nccnc2Cl)CCN1c1nc(-c2ccc(F)c(Cl)c2)cc(N2CCCC2)n1. The van der Waals surface area contributed by atoms with Crippen molar-refractivity contribution in [3.05, 3.63) is 52.7 Å². The lowest BCUT2D eigenvalue weighted by atomic mass is 10.1. The maximum absolute atomic E-state index is 13.8. The predicted octanol–water partition coefficient (Wildman–Crippen LogP) is 4.69. The Morgan fingerprint density at radius 1 is 0.939 bits per heavy atom. The van der Waals surface area contributed by atoms with Gasteiger partial charge in [-0.25, -0.2) is 19.3 Å². The van der Waals surface area contributed by atoms with Crippen LogP contribution in [0, 0.1) is 5.82 Å². The lowest BCUT2D eigenvalue weighted by molar-refractivity contribution is 0.537. The summed E-state index contributed by atoms with van der Waals surface area (Å²) in [5, 5.41) is 0.485. The number of piperazine rings is 1. The summed E-state index contributed by atoms with van der Waals surface area (Å²) in [4.78, 5) is 25.0. The molecule has 1 unspecified atom stereocenters. The fraction of sp³-hybridized carbons (Fsp3) is 0.391. The summed E-state index contributed by atoms with van der Waals surface area (Å²) >= 11 is 12.3. The number of hydrogen-bond acceptors (Lipinski definition) is 7. The van der Waals surface area contributed by atoms with Crippen LogP contribution in [0.25, 0.3) is 11.3 Å². The fourth-order valence-corrected chi connectivity index (χ4v) is 4.84. The summed E-state index contributed by atoms with van der Waals surface area (Å²) in [5.41, 5.74) is 1.50. The number of aromatic nitrogens is 4. The Hall–Kier alpha value is -2.71. The molecule has 2 aliphatic heterocycles. The maximum Gasteiger partial charge on any atom is 0.228 e. The second-order valence-corrected chi connectivity index (χ2v) is 9.16. The first-order valence-electron chi connectivity index (χ1n) is 11.1. The minimum atomic E-state index is -0.443. The average Bonchev–Trinajstić information content (AvgIpc) is 3.36. The normalized spacial score (nSPS) is 18.8. The number of hydrogen-bond donors (Lipinski definition) is 0. The second kappa shape index (κ2) is 9.27. The molecule has 1 atom stereocenters. The Balaban J connectivity index is 1.47. The van der Waals surface area contributed by atoms with Gasteiger partial charge in [0.1, 0.15) is 11.6 Å². The third-order valence-corrected chi connectivity index (χ3v) is 6.72. The van der Waals surface area contributed by atoms with E-state index in [0.29, 0.717) is 30.0 Å². The molecule has 2 aromatic heterocycles. The van der Waals surface area contributed by atoms with E-state index in [9.17, 15) is 4.39 Å². The molecule has 2 saturated heterocycles. The zero-order valence-corrected chi connectivity index (χ0v) is 19.8. The van der Waals surface area contributed by atoms with Crippen LogP contribution < -0.4 is 14.7 Å². The Morgan fingerprint density at radius 2 is 1.73 bits per heavy atom. The van der Waals surface area contributed by atoms with Crippen LogP contribution in [0.15, 0.2) is 36.7 Å². The van der Waals surface area contributed by atoms with E-state index >= 15 is 0 Å². The number of halogens is 3. The molecule has 0 aliphatic carbocycles. The van der Waals surface area contributed by atoms with Crippen LogP contribution >= 0.6 is 23.2 Å². The van der Waals surface area contributed by atoms with Gasteiger partial charge in [0.05, 0.1) is 10.7 Å². The molecular formula is C23H24Cl2FN7. The zero-order chi connectivity index (χ0) is 22.9. The Morgan fingerprint density at radius 3 is 2.45 bits per heavy atom. The van der Waals surface area contributed by atoms with Crippen LogP contribution in [0.4, 0.5) is 22.0 Å². The highest BCUT2D eigenvalue weighted by atomic mass is 35.5. The van der Waals surface area contributed by atoms with E-state index in [1.54, 1.807) is 24.5 Å². The average molecular weight is 488 g/mol. The maximum atomic E-state index is 13.8. The molecule has 0 saturated carbocycles. The molecule has 0 N–H and O–H groups in total. The number of rotatable bonds is 4. The molecule has 2 fully saturated rings. The highest BCUT2D eigenvalue weighted by Crippen LogP contribution is 2.31. The molecule has 172 valence electrons. The van der Waals surface area contributed by atoms with E-state index in [-0.39, 0.29) is 11.1 Å². The first-order valence-corrected chi connectivity index (χ1v) is 11.8. The molecule has 0 spiro atoms. The van der Waals surface area contributed by atoms with E-state index in [1.165, 1.54) is 6.07 Å². The van der Waals surface area contributed by atoms with Crippen LogP contribution in [0.3, 0.4) is 0 Å². The summed E-state index contributed by atoms with van der Waals surface area (Å²) in [5.74, 6) is 1.80. The third kappa shape index (κ3) is 4.54. The largest absolute Gasteiger partial charge is 0.356 e. The van der Waals surface area contributed by atoms with Gasteiger partial charge in [-0.2, -0.15) is 4.98 Å². The van der Waals surface area contributed by atoms with E-state index in [2.05, 4.69) is 31.6 Å². The van der Waals surface area contributed by atoms with Crippen molar-refractivity contribution >= 4 is 40.8 Å². The summed E-state index contributed by atoms with van der Waals surface area (Å²) in [7, 11) is 0. The summed E-state index contributed by atoms with van der Waals surface area (Å²) in [6.45, 7) is 6.21. The Labute approximate surface area is 202 Å². The zero-order valence-electron chi connectivity index (χ0n) is 18.3. The highest BCUT2D eigenvalue weighted by molar-refractivity contribution is 6.31. The van der Waals surface area contributed by atoms with Crippen molar-refractivity contribution in [1.29, 1.82) is 0 Å². The summed E-state index contributed by atoms with van der Waals surface area (Å²) in [6.07, 6.45) is 5.53. The van der Waals surface area contributed by atoms with E-state index < -0.39 is 5.82 Å². The molecule has 7 nitrogen and oxygen atoms in total. The van der Waals surface area contributed by atoms with Gasteiger partial charge in [0.15, 0.2) is 11.0 Å². The van der Waals surface area contributed by atoms with Gasteiger partial charge in [0.2, 0.25) is 5.95 Å². The number of anilines is 3. The topological polar surface area (TPSA) is 61.3 Å². The third-order valence-electron chi connectivity index (χ3n) is 6.17. The smallest absolute Gasteiger partial charge is 0.228 e. The second-order valence-electron chi connectivity index (χ2n) is 8.39. The standard InChI is InChI=1S/C23H24Cl2FN7/c1-15-14-32(22-21(25)27-6-7-28-22)10-11-33(15)23-29-19(16-4-5-18(26)17(24)12-16)13-20(30-23)31-8-2-3-9-31/h4-7,12-13,15H,2-3,8-11,14H2,1H3. The van der Waals surface area contributed by atoms with Crippen LogP contribution in [0.2, 0.25) is 10.2 Å². The van der Waals surface area contributed by atoms with Crippen LogP contribution in [-0.2, 0) is 0 Å². The molecular weight excluding hydrogens is 464 g/mol. The molecule has 10 heteroatoms. The van der Waals surface area contributed by atoms with Gasteiger partial charge < -0.3 is 14.7 Å². The van der Waals surface area contributed by atoms with Crippen LogP contribution in [-0.4, -0.2) is 58.7 Å². The van der Waals surface area contributed by atoms with Crippen molar-refractivity contribution in [3.63, 3.8) is 0 Å². The first-order chi connectivity index (χ1) is 16.0. The van der Waals surface area contributed by atoms with Gasteiger partial charge in [0, 0.05) is 62.8 Å². The molecule has 2 aliphatic rings. The van der Waals surface area contributed by atoms with Gasteiger partial charge in [-0.05, 0) is 38.0 Å². The van der Waals surface area contributed by atoms with Crippen molar-refractivity contribution in [2.75, 3.05) is 47.4 Å². The molecule has 3 aromatic rings. The molecule has 1 aromatic carbocycles. The Kier molecular flexibility index (Phi) is 6.21. The van der Waals surface area contributed by atoms with Crippen molar-refractivity contribution < 1.29 is 4.39 Å². The molecule has 5 rings (SSSR count). The molecule has 33 heavy (non-hydrogen) atoms. The monoisotopic (exact) mass is 487 g/mol. The van der Waals surface area contributed by atoms with Gasteiger partial charge in [-0.15, -0.1) is 0 Å². The van der Waals surface area contributed by atoms with Gasteiger partial charge >= 0.3 is 0 Å². The molecule has 0 bridgehead atoms. The van der Waals surface area contributed by atoms with Crippen molar-refractivity contribution in [3.8, 4) is 11.3 Å². The van der Waals surface area contributed by atoms with E-state index in [1.807, 2.05) is 6.07 Å². The Bertz CT molecular complexity index is 1160. The fourth-order valence-electron chi connectivity index (χ4n) is 4.43. The summed E-state index contributed by atoms with van der Waals surface area (Å²) < 4.78 is 13.8. The van der Waals surface area contributed by atoms with Crippen molar-refractivity contribution in [2.45, 2.75) is 25.8 Å². The van der Waals surface area contributed by atoms with Crippen molar-refractivity contribution in [1.82, 2.24) is 19.9 Å². The lowest BCUT2D eigenvalue weighted by Crippen LogP contribution is -2.53. The summed E-state index contributed by atoms with van der Waals surface area (Å²) in [6, 6.07) is 6.79.